The molecular weight excluding hydrogens is 230 g/mol. The molecule has 0 radical (unpaired) electrons. The number of hydrogen-bond acceptors (Lipinski definition) is 4. The first-order chi connectivity index (χ1) is 8.33. The first-order valence-corrected chi connectivity index (χ1v) is 7.55. The van der Waals surface area contributed by atoms with Gasteiger partial charge in [-0.25, -0.2) is 4.98 Å². The van der Waals surface area contributed by atoms with Crippen molar-refractivity contribution in [3.63, 3.8) is 0 Å². The highest BCUT2D eigenvalue weighted by molar-refractivity contribution is 7.09. The van der Waals surface area contributed by atoms with Crippen LogP contribution < -0.4 is 5.32 Å². The third-order valence-corrected chi connectivity index (χ3v) is 5.02. The molecule has 3 nitrogen and oxygen atoms in total. The fourth-order valence-electron chi connectivity index (χ4n) is 2.92. The topological polar surface area (TPSA) is 28.2 Å². The molecule has 0 amide bonds. The van der Waals surface area contributed by atoms with E-state index in [0.717, 1.165) is 6.54 Å². The second-order valence-electron chi connectivity index (χ2n) is 5.40. The largest absolute Gasteiger partial charge is 0.316 e. The number of piperidine rings is 1. The molecule has 3 heterocycles. The van der Waals surface area contributed by atoms with E-state index in [0.29, 0.717) is 11.8 Å². The first kappa shape index (κ1) is 11.6. The smallest absolute Gasteiger partial charge is 0.0972 e. The van der Waals surface area contributed by atoms with Crippen molar-refractivity contribution >= 4 is 11.3 Å². The number of hydrogen-bond donors (Lipinski definition) is 1. The number of likely N-dealkylation sites (tertiary alicyclic amines) is 1. The van der Waals surface area contributed by atoms with Gasteiger partial charge >= 0.3 is 0 Å². The van der Waals surface area contributed by atoms with Crippen LogP contribution >= 0.6 is 11.3 Å². The van der Waals surface area contributed by atoms with Gasteiger partial charge in [-0.3, -0.25) is 0 Å². The van der Waals surface area contributed by atoms with Crippen LogP contribution in [0.25, 0.3) is 0 Å². The van der Waals surface area contributed by atoms with Gasteiger partial charge in [0.05, 0.1) is 10.7 Å². The van der Waals surface area contributed by atoms with Crippen molar-refractivity contribution in [1.29, 1.82) is 0 Å². The highest BCUT2D eigenvalue weighted by atomic mass is 32.1. The van der Waals surface area contributed by atoms with Crippen LogP contribution in [0.4, 0.5) is 0 Å². The van der Waals surface area contributed by atoms with Crippen molar-refractivity contribution in [2.45, 2.75) is 31.1 Å². The molecule has 2 aliphatic rings. The highest BCUT2D eigenvalue weighted by Gasteiger charge is 2.25. The predicted octanol–water partition coefficient (Wildman–Crippen LogP) is 2.03. The van der Waals surface area contributed by atoms with Gasteiger partial charge in [-0.1, -0.05) is 0 Å². The van der Waals surface area contributed by atoms with E-state index in [4.69, 9.17) is 4.98 Å². The average Bonchev–Trinajstić information content (AvgIpc) is 2.98. The van der Waals surface area contributed by atoms with Crippen LogP contribution in [-0.2, 0) is 0 Å². The summed E-state index contributed by atoms with van der Waals surface area (Å²) in [6.45, 7) is 4.72. The lowest BCUT2D eigenvalue weighted by Gasteiger charge is -2.20. The van der Waals surface area contributed by atoms with Crippen LogP contribution in [0, 0.1) is 0 Å². The van der Waals surface area contributed by atoms with Gasteiger partial charge in [0.25, 0.3) is 0 Å². The van der Waals surface area contributed by atoms with E-state index in [-0.39, 0.29) is 0 Å². The van der Waals surface area contributed by atoms with Crippen molar-refractivity contribution in [3.05, 3.63) is 16.1 Å². The maximum atomic E-state index is 4.90. The van der Waals surface area contributed by atoms with Gasteiger partial charge in [0.2, 0.25) is 0 Å². The van der Waals surface area contributed by atoms with E-state index in [9.17, 15) is 0 Å². The molecule has 2 atom stereocenters. The second kappa shape index (κ2) is 5.04. The molecule has 0 spiro atoms. The molecule has 0 bridgehead atoms. The van der Waals surface area contributed by atoms with E-state index in [1.165, 1.54) is 49.6 Å². The molecule has 94 valence electrons. The molecule has 0 saturated carbocycles. The molecule has 1 N–H and O–H groups in total. The Kier molecular flexibility index (Phi) is 3.45. The quantitative estimate of drug-likeness (QED) is 0.872. The summed E-state index contributed by atoms with van der Waals surface area (Å²) in [4.78, 5) is 7.31. The molecular formula is C13H21N3S. The summed E-state index contributed by atoms with van der Waals surface area (Å²) in [7, 11) is 2.21. The Hall–Kier alpha value is -0.450. The van der Waals surface area contributed by atoms with Crippen LogP contribution in [0.1, 0.15) is 41.8 Å². The third-order valence-electron chi connectivity index (χ3n) is 4.00. The summed E-state index contributed by atoms with van der Waals surface area (Å²) in [5, 5.41) is 7.14. The minimum absolute atomic E-state index is 0.660. The average molecular weight is 251 g/mol. The van der Waals surface area contributed by atoms with Gasteiger partial charge in [-0.05, 0) is 39.4 Å². The Morgan fingerprint density at radius 1 is 1.41 bits per heavy atom. The van der Waals surface area contributed by atoms with E-state index in [2.05, 4.69) is 22.6 Å². The highest BCUT2D eigenvalue weighted by Crippen LogP contribution is 2.32. The molecule has 2 aliphatic heterocycles. The van der Waals surface area contributed by atoms with Gasteiger partial charge in [-0.2, -0.15) is 0 Å². The van der Waals surface area contributed by atoms with Crippen LogP contribution in [0.15, 0.2) is 5.38 Å². The maximum Gasteiger partial charge on any atom is 0.0972 e. The Balaban J connectivity index is 1.69. The predicted molar refractivity (Wildman–Crippen MR) is 71.8 cm³/mol. The number of nitrogens with one attached hydrogen (secondary N) is 1. The molecule has 2 unspecified atom stereocenters. The first-order valence-electron chi connectivity index (χ1n) is 6.67. The molecule has 17 heavy (non-hydrogen) atoms. The number of rotatable bonds is 2. The zero-order chi connectivity index (χ0) is 11.7. The number of likely N-dealkylation sites (N-methyl/N-ethyl adjacent to an activating group) is 1. The Morgan fingerprint density at radius 2 is 2.35 bits per heavy atom. The van der Waals surface area contributed by atoms with Crippen molar-refractivity contribution in [2.75, 3.05) is 33.2 Å². The second-order valence-corrected chi connectivity index (χ2v) is 6.29. The van der Waals surface area contributed by atoms with E-state index >= 15 is 0 Å². The fourth-order valence-corrected chi connectivity index (χ4v) is 3.95. The zero-order valence-corrected chi connectivity index (χ0v) is 11.3. The van der Waals surface area contributed by atoms with Crippen LogP contribution in [0.5, 0.6) is 0 Å². The molecule has 4 heteroatoms. The lowest BCUT2D eigenvalue weighted by atomic mass is 9.97. The Labute approximate surface area is 107 Å². The van der Waals surface area contributed by atoms with Gasteiger partial charge in [0, 0.05) is 30.3 Å². The number of thiazole rings is 1. The summed E-state index contributed by atoms with van der Waals surface area (Å²) in [5.74, 6) is 1.35. The Bertz CT molecular complexity index is 351. The normalized spacial score (nSPS) is 30.9. The van der Waals surface area contributed by atoms with E-state index in [1.54, 1.807) is 0 Å². The lowest BCUT2D eigenvalue weighted by molar-refractivity contribution is 0.411. The molecule has 3 rings (SSSR count). The van der Waals surface area contributed by atoms with Gasteiger partial charge in [0.1, 0.15) is 0 Å². The summed E-state index contributed by atoms with van der Waals surface area (Å²) < 4.78 is 0. The van der Waals surface area contributed by atoms with Gasteiger partial charge in [-0.15, -0.1) is 11.3 Å². The lowest BCUT2D eigenvalue weighted by Crippen LogP contribution is -2.28. The minimum Gasteiger partial charge on any atom is -0.316 e. The van der Waals surface area contributed by atoms with Crippen molar-refractivity contribution in [3.8, 4) is 0 Å². The molecule has 2 fully saturated rings. The fraction of sp³-hybridized carbons (Fsp3) is 0.769. The molecule has 1 aromatic rings. The zero-order valence-electron chi connectivity index (χ0n) is 10.5. The summed E-state index contributed by atoms with van der Waals surface area (Å²) in [6, 6.07) is 0. The van der Waals surface area contributed by atoms with Crippen LogP contribution in [-0.4, -0.2) is 43.1 Å². The molecule has 2 saturated heterocycles. The number of nitrogens with zero attached hydrogens (tertiary/aromatic N) is 2. The number of aromatic nitrogens is 1. The summed E-state index contributed by atoms with van der Waals surface area (Å²) >= 11 is 1.88. The van der Waals surface area contributed by atoms with Crippen LogP contribution in [0.3, 0.4) is 0 Å². The standard InChI is InChI=1S/C13H21N3S/c1-16-6-4-11(8-16)13-15-12(9-17-13)10-3-2-5-14-7-10/h9-11,14H,2-8H2,1H3. The van der Waals surface area contributed by atoms with E-state index < -0.39 is 0 Å². The van der Waals surface area contributed by atoms with Gasteiger partial charge < -0.3 is 10.2 Å². The summed E-state index contributed by atoms with van der Waals surface area (Å²) in [5.41, 5.74) is 1.34. The van der Waals surface area contributed by atoms with Crippen molar-refractivity contribution < 1.29 is 0 Å². The third kappa shape index (κ3) is 2.54. The van der Waals surface area contributed by atoms with Crippen molar-refractivity contribution in [2.24, 2.45) is 0 Å². The van der Waals surface area contributed by atoms with Gasteiger partial charge in [0.15, 0.2) is 0 Å². The molecule has 0 aliphatic carbocycles. The molecule has 1 aromatic heterocycles. The minimum atomic E-state index is 0.660. The monoisotopic (exact) mass is 251 g/mol. The van der Waals surface area contributed by atoms with Crippen LogP contribution in [0.2, 0.25) is 0 Å². The SMILES string of the molecule is CN1CCC(c2nc(C3CCCNC3)cs2)C1. The van der Waals surface area contributed by atoms with E-state index in [1.807, 2.05) is 11.3 Å². The molecule has 0 aromatic carbocycles. The summed E-state index contributed by atoms with van der Waals surface area (Å²) in [6.07, 6.45) is 3.89. The maximum absolute atomic E-state index is 4.90. The Morgan fingerprint density at radius 3 is 3.06 bits per heavy atom. The van der Waals surface area contributed by atoms with Crippen molar-refractivity contribution in [1.82, 2.24) is 15.2 Å².